The zero-order chi connectivity index (χ0) is 22.7. The lowest BCUT2D eigenvalue weighted by Gasteiger charge is -2.24. The van der Waals surface area contributed by atoms with Gasteiger partial charge in [0.25, 0.3) is 0 Å². The smallest absolute Gasteiger partial charge is 0.244 e. The largest absolute Gasteiger partial charge is 0.493 e. The number of aryl methyl sites for hydroxylation is 1. The third-order valence-electron chi connectivity index (χ3n) is 5.35. The molecule has 0 spiro atoms. The van der Waals surface area contributed by atoms with Crippen molar-refractivity contribution in [1.82, 2.24) is 10.2 Å². The molecule has 2 aromatic carbocycles. The number of halogens is 1. The summed E-state index contributed by atoms with van der Waals surface area (Å²) in [6, 6.07) is 15.3. The van der Waals surface area contributed by atoms with Gasteiger partial charge in [0, 0.05) is 16.3 Å². The van der Waals surface area contributed by atoms with E-state index in [4.69, 9.17) is 31.5 Å². The van der Waals surface area contributed by atoms with Gasteiger partial charge in [0.05, 0.1) is 13.0 Å². The summed E-state index contributed by atoms with van der Waals surface area (Å²) in [6.45, 7) is 2.45. The van der Waals surface area contributed by atoms with Gasteiger partial charge in [-0.3, -0.25) is 5.10 Å². The number of aromatic amines is 1. The van der Waals surface area contributed by atoms with Crippen molar-refractivity contribution in [2.45, 2.75) is 32.3 Å². The summed E-state index contributed by atoms with van der Waals surface area (Å²) in [5.74, 6) is 1.19. The lowest BCUT2D eigenvalue weighted by atomic mass is 9.83. The average Bonchev–Trinajstić information content (AvgIpc) is 3.20. The number of nitrogens with one attached hydrogen (secondary N) is 1. The lowest BCUT2D eigenvalue weighted by Crippen LogP contribution is -2.21. The number of H-pyrrole nitrogens is 1. The predicted molar refractivity (Wildman–Crippen MR) is 121 cm³/mol. The van der Waals surface area contributed by atoms with Crippen LogP contribution in [0.2, 0.25) is 5.02 Å². The summed E-state index contributed by atoms with van der Waals surface area (Å²) in [6.07, 6.45) is 1.70. The number of aromatic nitrogens is 2. The fourth-order valence-corrected chi connectivity index (χ4v) is 3.93. The Morgan fingerprint density at radius 3 is 2.69 bits per heavy atom. The molecule has 1 aromatic heterocycles. The van der Waals surface area contributed by atoms with Gasteiger partial charge in [-0.25, -0.2) is 0 Å². The van der Waals surface area contributed by atoms with E-state index in [0.29, 0.717) is 34.6 Å². The molecule has 0 saturated heterocycles. The molecule has 7 nitrogen and oxygen atoms in total. The highest BCUT2D eigenvalue weighted by Gasteiger charge is 2.35. The summed E-state index contributed by atoms with van der Waals surface area (Å²) in [7, 11) is 1.58. The van der Waals surface area contributed by atoms with E-state index in [1.807, 2.05) is 42.5 Å². The molecule has 1 aliphatic rings. The molecule has 0 saturated carbocycles. The van der Waals surface area contributed by atoms with Crippen LogP contribution in [0.25, 0.3) is 0 Å². The van der Waals surface area contributed by atoms with Gasteiger partial charge in [0.1, 0.15) is 18.2 Å². The molecule has 8 heteroatoms. The van der Waals surface area contributed by atoms with E-state index >= 15 is 0 Å². The number of nitriles is 1. The maximum absolute atomic E-state index is 9.82. The van der Waals surface area contributed by atoms with E-state index in [1.54, 1.807) is 7.11 Å². The number of nitrogens with two attached hydrogens (primary N) is 1. The molecular weight excluding hydrogens is 428 g/mol. The number of hydrogen-bond acceptors (Lipinski definition) is 6. The van der Waals surface area contributed by atoms with Gasteiger partial charge in [-0.05, 0) is 41.8 Å². The van der Waals surface area contributed by atoms with Crippen LogP contribution in [0.1, 0.15) is 41.6 Å². The molecule has 1 aliphatic heterocycles. The van der Waals surface area contributed by atoms with Gasteiger partial charge in [-0.2, -0.15) is 5.26 Å². The number of nitrogens with zero attached hydrogens (tertiary/aromatic N) is 2. The first kappa shape index (κ1) is 21.6. The molecule has 2 heterocycles. The Hall–Kier alpha value is -3.63. The predicted octanol–water partition coefficient (Wildman–Crippen LogP) is 4.82. The van der Waals surface area contributed by atoms with Crippen molar-refractivity contribution in [3.63, 3.8) is 0 Å². The van der Waals surface area contributed by atoms with E-state index in [-0.39, 0.29) is 5.88 Å². The van der Waals surface area contributed by atoms with E-state index < -0.39 is 5.92 Å². The fraction of sp³-hybridized carbons (Fsp3) is 0.250. The topological polar surface area (TPSA) is 106 Å². The van der Waals surface area contributed by atoms with Crippen LogP contribution in [-0.2, 0) is 13.0 Å². The second kappa shape index (κ2) is 9.25. The number of benzene rings is 2. The van der Waals surface area contributed by atoms with E-state index in [2.05, 4.69) is 23.2 Å². The van der Waals surface area contributed by atoms with Gasteiger partial charge in [0.15, 0.2) is 11.5 Å². The van der Waals surface area contributed by atoms with E-state index in [9.17, 15) is 5.26 Å². The zero-order valence-corrected chi connectivity index (χ0v) is 18.6. The molecule has 0 radical (unpaired) electrons. The third-order valence-corrected chi connectivity index (χ3v) is 5.60. The van der Waals surface area contributed by atoms with Gasteiger partial charge >= 0.3 is 0 Å². The first-order valence-corrected chi connectivity index (χ1v) is 10.6. The zero-order valence-electron chi connectivity index (χ0n) is 17.8. The van der Waals surface area contributed by atoms with Crippen molar-refractivity contribution in [3.05, 3.63) is 81.3 Å². The van der Waals surface area contributed by atoms with Gasteiger partial charge < -0.3 is 19.9 Å². The molecule has 4 rings (SSSR count). The SMILES string of the molecule is CCCc1[nH]nc2c1[C@@H](c1ccc(OCc3ccc(Cl)cc3)c(OC)c1)C(C#N)=C(N)O2. The third kappa shape index (κ3) is 4.10. The molecule has 32 heavy (non-hydrogen) atoms. The van der Waals surface area contributed by atoms with Gasteiger partial charge in [-0.15, -0.1) is 5.10 Å². The minimum absolute atomic E-state index is 0.0570. The number of rotatable bonds is 7. The molecular formula is C24H23ClN4O3. The van der Waals surface area contributed by atoms with Crippen molar-refractivity contribution in [1.29, 1.82) is 5.26 Å². The molecule has 3 N–H and O–H groups in total. The minimum Gasteiger partial charge on any atom is -0.493 e. The van der Waals surface area contributed by atoms with Crippen molar-refractivity contribution >= 4 is 11.6 Å². The second-order valence-corrected chi connectivity index (χ2v) is 7.86. The standard InChI is InChI=1S/C24H23ClN4O3/c1-3-4-18-22-21(17(12-26)23(27)32-24(22)29-28-18)15-7-10-19(20(11-15)30-2)31-13-14-5-8-16(25)9-6-14/h5-11,21H,3-4,13,27H2,1-2H3,(H,28,29)/t21-/m0/s1. The first-order valence-electron chi connectivity index (χ1n) is 10.3. The first-order chi connectivity index (χ1) is 15.5. The summed E-state index contributed by atoms with van der Waals surface area (Å²) < 4.78 is 17.2. The molecule has 0 aliphatic carbocycles. The molecule has 0 unspecified atom stereocenters. The van der Waals surface area contributed by atoms with Crippen LogP contribution >= 0.6 is 11.6 Å². The summed E-state index contributed by atoms with van der Waals surface area (Å²) >= 11 is 5.95. The summed E-state index contributed by atoms with van der Waals surface area (Å²) in [5, 5.41) is 17.8. The van der Waals surface area contributed by atoms with E-state index in [1.165, 1.54) is 0 Å². The highest BCUT2D eigenvalue weighted by molar-refractivity contribution is 6.30. The molecule has 1 atom stereocenters. The fourth-order valence-electron chi connectivity index (χ4n) is 3.81. The van der Waals surface area contributed by atoms with Gasteiger partial charge in [0.2, 0.25) is 11.8 Å². The molecule has 164 valence electrons. The Bertz CT molecular complexity index is 1190. The van der Waals surface area contributed by atoms with Crippen molar-refractivity contribution in [2.24, 2.45) is 5.73 Å². The van der Waals surface area contributed by atoms with Crippen LogP contribution in [0, 0.1) is 11.3 Å². The van der Waals surface area contributed by atoms with Crippen LogP contribution in [-0.4, -0.2) is 17.3 Å². The highest BCUT2D eigenvalue weighted by Crippen LogP contribution is 2.45. The Balaban J connectivity index is 1.69. The van der Waals surface area contributed by atoms with Crippen molar-refractivity contribution < 1.29 is 14.2 Å². The number of methoxy groups -OCH3 is 1. The number of fused-ring (bicyclic) bond motifs is 1. The number of ether oxygens (including phenoxy) is 3. The normalized spacial score (nSPS) is 15.0. The Kier molecular flexibility index (Phi) is 6.24. The summed E-state index contributed by atoms with van der Waals surface area (Å²) in [4.78, 5) is 0. The Morgan fingerprint density at radius 2 is 2.00 bits per heavy atom. The number of allylic oxidation sites excluding steroid dienone is 1. The van der Waals surface area contributed by atoms with Crippen molar-refractivity contribution in [2.75, 3.05) is 7.11 Å². The van der Waals surface area contributed by atoms with E-state index in [0.717, 1.165) is 35.2 Å². The monoisotopic (exact) mass is 450 g/mol. The minimum atomic E-state index is -0.414. The molecule has 0 amide bonds. The molecule has 3 aromatic rings. The highest BCUT2D eigenvalue weighted by atomic mass is 35.5. The lowest BCUT2D eigenvalue weighted by molar-refractivity contribution is 0.284. The van der Waals surface area contributed by atoms with Crippen LogP contribution < -0.4 is 19.9 Å². The average molecular weight is 451 g/mol. The second-order valence-electron chi connectivity index (χ2n) is 7.42. The Labute approximate surface area is 191 Å². The number of hydrogen-bond donors (Lipinski definition) is 2. The molecule has 0 fully saturated rings. The van der Waals surface area contributed by atoms with Crippen LogP contribution in [0.3, 0.4) is 0 Å². The summed E-state index contributed by atoms with van der Waals surface area (Å²) in [5.41, 5.74) is 9.97. The Morgan fingerprint density at radius 1 is 1.22 bits per heavy atom. The maximum atomic E-state index is 9.82. The quantitative estimate of drug-likeness (QED) is 0.534. The van der Waals surface area contributed by atoms with Crippen molar-refractivity contribution in [3.8, 4) is 23.4 Å². The molecule has 0 bridgehead atoms. The van der Waals surface area contributed by atoms with Crippen LogP contribution in [0.5, 0.6) is 17.4 Å². The maximum Gasteiger partial charge on any atom is 0.244 e. The van der Waals surface area contributed by atoms with Crippen LogP contribution in [0.15, 0.2) is 53.9 Å². The van der Waals surface area contributed by atoms with Crippen LogP contribution in [0.4, 0.5) is 0 Å². The van der Waals surface area contributed by atoms with Gasteiger partial charge in [-0.1, -0.05) is 43.1 Å².